The number of hydrogen-bond acceptors (Lipinski definition) is 1. The Morgan fingerprint density at radius 3 is 2.35 bits per heavy atom. The Morgan fingerprint density at radius 2 is 1.71 bits per heavy atom. The SMILES string of the molecule is C=CCCCC(C=C)OCCCCCCCC. The van der Waals surface area contributed by atoms with Crippen molar-refractivity contribution in [1.82, 2.24) is 0 Å². The van der Waals surface area contributed by atoms with Crippen LogP contribution in [0.15, 0.2) is 25.3 Å². The minimum Gasteiger partial charge on any atom is -0.374 e. The number of hydrogen-bond donors (Lipinski definition) is 0. The summed E-state index contributed by atoms with van der Waals surface area (Å²) in [6, 6.07) is 0. The molecule has 0 aromatic heterocycles. The second kappa shape index (κ2) is 13.5. The van der Waals surface area contributed by atoms with E-state index in [1.807, 2.05) is 12.2 Å². The van der Waals surface area contributed by atoms with E-state index in [1.54, 1.807) is 0 Å². The quantitative estimate of drug-likeness (QED) is 0.313. The van der Waals surface area contributed by atoms with E-state index in [0.717, 1.165) is 25.9 Å². The molecule has 0 aliphatic carbocycles. The fourth-order valence-electron chi connectivity index (χ4n) is 1.85. The second-order valence-corrected chi connectivity index (χ2v) is 4.63. The van der Waals surface area contributed by atoms with Gasteiger partial charge >= 0.3 is 0 Å². The van der Waals surface area contributed by atoms with E-state index in [2.05, 4.69) is 20.1 Å². The van der Waals surface area contributed by atoms with Crippen LogP contribution in [-0.2, 0) is 4.74 Å². The van der Waals surface area contributed by atoms with Crippen LogP contribution in [0.5, 0.6) is 0 Å². The van der Waals surface area contributed by atoms with Gasteiger partial charge in [0.05, 0.1) is 6.10 Å². The van der Waals surface area contributed by atoms with E-state index < -0.39 is 0 Å². The molecule has 0 saturated heterocycles. The van der Waals surface area contributed by atoms with Crippen molar-refractivity contribution in [3.05, 3.63) is 25.3 Å². The molecule has 100 valence electrons. The maximum Gasteiger partial charge on any atom is 0.0753 e. The first-order valence-corrected chi connectivity index (χ1v) is 7.20. The Kier molecular flexibility index (Phi) is 13.1. The van der Waals surface area contributed by atoms with Crippen molar-refractivity contribution in [2.24, 2.45) is 0 Å². The van der Waals surface area contributed by atoms with Crippen molar-refractivity contribution in [3.8, 4) is 0 Å². The van der Waals surface area contributed by atoms with Gasteiger partial charge in [0.15, 0.2) is 0 Å². The largest absolute Gasteiger partial charge is 0.374 e. The minimum absolute atomic E-state index is 0.241. The summed E-state index contributed by atoms with van der Waals surface area (Å²) in [5.74, 6) is 0. The van der Waals surface area contributed by atoms with E-state index in [0.29, 0.717) is 0 Å². The summed E-state index contributed by atoms with van der Waals surface area (Å²) in [6.07, 6.45) is 15.3. The summed E-state index contributed by atoms with van der Waals surface area (Å²) in [4.78, 5) is 0. The third-order valence-electron chi connectivity index (χ3n) is 2.99. The maximum atomic E-state index is 5.79. The van der Waals surface area contributed by atoms with Crippen LogP contribution in [0.1, 0.15) is 64.7 Å². The molecule has 0 rings (SSSR count). The first kappa shape index (κ1) is 16.4. The van der Waals surface area contributed by atoms with Crippen LogP contribution in [-0.4, -0.2) is 12.7 Å². The lowest BCUT2D eigenvalue weighted by Gasteiger charge is -2.13. The van der Waals surface area contributed by atoms with Crippen LogP contribution in [0.2, 0.25) is 0 Å². The topological polar surface area (TPSA) is 9.23 Å². The van der Waals surface area contributed by atoms with Gasteiger partial charge < -0.3 is 4.74 Å². The first-order valence-electron chi connectivity index (χ1n) is 7.20. The average molecular weight is 238 g/mol. The van der Waals surface area contributed by atoms with Gasteiger partial charge in [-0.15, -0.1) is 13.2 Å². The van der Waals surface area contributed by atoms with Crippen LogP contribution >= 0.6 is 0 Å². The molecule has 0 heterocycles. The molecular weight excluding hydrogens is 208 g/mol. The van der Waals surface area contributed by atoms with Gasteiger partial charge in [-0.05, 0) is 25.7 Å². The lowest BCUT2D eigenvalue weighted by molar-refractivity contribution is 0.0753. The zero-order valence-corrected chi connectivity index (χ0v) is 11.6. The second-order valence-electron chi connectivity index (χ2n) is 4.63. The molecule has 0 bridgehead atoms. The zero-order chi connectivity index (χ0) is 12.8. The number of ether oxygens (including phenoxy) is 1. The maximum absolute atomic E-state index is 5.79. The third kappa shape index (κ3) is 11.7. The van der Waals surface area contributed by atoms with Gasteiger partial charge in [-0.2, -0.15) is 0 Å². The van der Waals surface area contributed by atoms with Gasteiger partial charge in [0.1, 0.15) is 0 Å². The van der Waals surface area contributed by atoms with Gasteiger partial charge in [0, 0.05) is 6.61 Å². The minimum atomic E-state index is 0.241. The summed E-state index contributed by atoms with van der Waals surface area (Å²) >= 11 is 0. The monoisotopic (exact) mass is 238 g/mol. The highest BCUT2D eigenvalue weighted by atomic mass is 16.5. The van der Waals surface area contributed by atoms with E-state index >= 15 is 0 Å². The molecule has 0 aromatic rings. The van der Waals surface area contributed by atoms with Crippen molar-refractivity contribution in [3.63, 3.8) is 0 Å². The summed E-state index contributed by atoms with van der Waals surface area (Å²) in [5.41, 5.74) is 0. The van der Waals surface area contributed by atoms with Gasteiger partial charge in [-0.3, -0.25) is 0 Å². The summed E-state index contributed by atoms with van der Waals surface area (Å²) < 4.78 is 5.79. The Bertz CT molecular complexity index is 174. The van der Waals surface area contributed by atoms with Gasteiger partial charge in [-0.1, -0.05) is 51.2 Å². The summed E-state index contributed by atoms with van der Waals surface area (Å²) in [6.45, 7) is 10.7. The Hall–Kier alpha value is -0.560. The smallest absolute Gasteiger partial charge is 0.0753 e. The van der Waals surface area contributed by atoms with E-state index in [9.17, 15) is 0 Å². The fourth-order valence-corrected chi connectivity index (χ4v) is 1.85. The lowest BCUT2D eigenvalue weighted by atomic mass is 10.1. The molecule has 1 heteroatoms. The van der Waals surface area contributed by atoms with Gasteiger partial charge in [-0.25, -0.2) is 0 Å². The highest BCUT2D eigenvalue weighted by Gasteiger charge is 2.02. The predicted molar refractivity (Wildman–Crippen MR) is 77.4 cm³/mol. The zero-order valence-electron chi connectivity index (χ0n) is 11.6. The van der Waals surface area contributed by atoms with Crippen LogP contribution in [0, 0.1) is 0 Å². The molecule has 0 aromatic carbocycles. The van der Waals surface area contributed by atoms with Crippen LogP contribution in [0.3, 0.4) is 0 Å². The Labute approximate surface area is 108 Å². The average Bonchev–Trinajstić information content (AvgIpc) is 2.35. The number of allylic oxidation sites excluding steroid dienone is 1. The van der Waals surface area contributed by atoms with E-state index in [1.165, 1.54) is 38.5 Å². The highest BCUT2D eigenvalue weighted by Crippen LogP contribution is 2.09. The normalized spacial score (nSPS) is 12.3. The molecule has 1 nitrogen and oxygen atoms in total. The van der Waals surface area contributed by atoms with Crippen molar-refractivity contribution in [1.29, 1.82) is 0 Å². The molecule has 0 radical (unpaired) electrons. The van der Waals surface area contributed by atoms with E-state index in [4.69, 9.17) is 4.74 Å². The van der Waals surface area contributed by atoms with Crippen molar-refractivity contribution in [2.75, 3.05) is 6.61 Å². The Morgan fingerprint density at radius 1 is 1.00 bits per heavy atom. The number of unbranched alkanes of at least 4 members (excludes halogenated alkanes) is 6. The highest BCUT2D eigenvalue weighted by molar-refractivity contribution is 4.80. The summed E-state index contributed by atoms with van der Waals surface area (Å²) in [5, 5.41) is 0. The van der Waals surface area contributed by atoms with Crippen molar-refractivity contribution >= 4 is 0 Å². The molecule has 0 amide bonds. The molecule has 1 unspecified atom stereocenters. The van der Waals surface area contributed by atoms with Crippen LogP contribution < -0.4 is 0 Å². The van der Waals surface area contributed by atoms with Crippen LogP contribution in [0.4, 0.5) is 0 Å². The molecule has 0 aliphatic rings. The molecule has 0 saturated carbocycles. The standard InChI is InChI=1S/C16H30O/c1-4-7-9-10-11-13-15-17-16(6-3)14-12-8-5-2/h5-6,16H,2-4,7-15H2,1H3. The third-order valence-corrected chi connectivity index (χ3v) is 2.99. The first-order chi connectivity index (χ1) is 8.35. The number of rotatable bonds is 13. The van der Waals surface area contributed by atoms with Crippen molar-refractivity contribution in [2.45, 2.75) is 70.8 Å². The van der Waals surface area contributed by atoms with Gasteiger partial charge in [0.25, 0.3) is 0 Å². The molecule has 0 aliphatic heterocycles. The van der Waals surface area contributed by atoms with Crippen molar-refractivity contribution < 1.29 is 4.74 Å². The molecule has 0 N–H and O–H groups in total. The predicted octanol–water partition coefficient (Wildman–Crippen LogP) is 5.27. The molecule has 0 spiro atoms. The van der Waals surface area contributed by atoms with E-state index in [-0.39, 0.29) is 6.10 Å². The summed E-state index contributed by atoms with van der Waals surface area (Å²) in [7, 11) is 0. The molecule has 0 fully saturated rings. The van der Waals surface area contributed by atoms with Gasteiger partial charge in [0.2, 0.25) is 0 Å². The molecule has 1 atom stereocenters. The van der Waals surface area contributed by atoms with Crippen LogP contribution in [0.25, 0.3) is 0 Å². The molecule has 17 heavy (non-hydrogen) atoms. The Balaban J connectivity index is 3.30. The molecular formula is C16H30O. The fraction of sp³-hybridized carbons (Fsp3) is 0.750. The lowest BCUT2D eigenvalue weighted by Crippen LogP contribution is -2.10.